The van der Waals surface area contributed by atoms with Crippen molar-refractivity contribution in [2.24, 2.45) is 0 Å². The number of hydrogen-bond donors (Lipinski definition) is 0. The van der Waals surface area contributed by atoms with Gasteiger partial charge in [-0.2, -0.15) is 0 Å². The number of benzene rings is 2. The van der Waals surface area contributed by atoms with Gasteiger partial charge in [-0.3, -0.25) is 4.79 Å². The zero-order chi connectivity index (χ0) is 13.0. The summed E-state index contributed by atoms with van der Waals surface area (Å²) in [4.78, 5) is 11.3. The van der Waals surface area contributed by atoms with Crippen LogP contribution in [0.3, 0.4) is 0 Å². The lowest BCUT2D eigenvalue weighted by Gasteiger charge is -2.09. The molecule has 0 heterocycles. The fourth-order valence-electron chi connectivity index (χ4n) is 1.89. The minimum Gasteiger partial charge on any atom is -0.465 e. The summed E-state index contributed by atoms with van der Waals surface area (Å²) in [5.41, 5.74) is 1.13. The molecule has 0 saturated carbocycles. The van der Waals surface area contributed by atoms with Crippen LogP contribution in [-0.2, 0) is 16.0 Å². The Bertz CT molecular complexity index is 551. The topological polar surface area (TPSA) is 26.3 Å². The van der Waals surface area contributed by atoms with Gasteiger partial charge < -0.3 is 4.74 Å². The summed E-state index contributed by atoms with van der Waals surface area (Å²) < 4.78 is 4.98. The smallest absolute Gasteiger partial charge is 0.320 e. The first-order chi connectivity index (χ1) is 8.70. The highest BCUT2D eigenvalue weighted by atomic mass is 79.9. The van der Waals surface area contributed by atoms with Gasteiger partial charge in [-0.25, -0.2) is 0 Å². The van der Waals surface area contributed by atoms with Crippen LogP contribution < -0.4 is 0 Å². The van der Waals surface area contributed by atoms with Gasteiger partial charge in [0.05, 0.1) is 6.61 Å². The number of esters is 1. The molecule has 94 valence electrons. The van der Waals surface area contributed by atoms with E-state index in [2.05, 4.69) is 46.3 Å². The molecule has 0 N–H and O–H groups in total. The van der Waals surface area contributed by atoms with Crippen molar-refractivity contribution in [2.75, 3.05) is 6.61 Å². The summed E-state index contributed by atoms with van der Waals surface area (Å²) in [6.07, 6.45) is 0.643. The first kappa shape index (κ1) is 13.1. The second-order valence-corrected chi connectivity index (χ2v) is 5.21. The van der Waals surface area contributed by atoms with E-state index in [0.717, 1.165) is 5.56 Å². The maximum absolute atomic E-state index is 11.5. The first-order valence-corrected chi connectivity index (χ1v) is 6.90. The second kappa shape index (κ2) is 6.01. The van der Waals surface area contributed by atoms with E-state index in [1.807, 2.05) is 19.1 Å². The minimum atomic E-state index is -0.279. The number of hydrogen-bond acceptors (Lipinski definition) is 2. The molecule has 0 radical (unpaired) electrons. The zero-order valence-corrected chi connectivity index (χ0v) is 11.8. The maximum atomic E-state index is 11.5. The van der Waals surface area contributed by atoms with Crippen molar-refractivity contribution in [3.05, 3.63) is 48.0 Å². The second-order valence-electron chi connectivity index (χ2n) is 4.11. The Kier molecular flexibility index (Phi) is 4.37. The van der Waals surface area contributed by atoms with Gasteiger partial charge in [0.2, 0.25) is 0 Å². The molecular formula is C15H15BrO2. The Morgan fingerprint density at radius 1 is 1.22 bits per heavy atom. The number of halogens is 1. The molecule has 0 spiro atoms. The molecule has 3 heteroatoms. The zero-order valence-electron chi connectivity index (χ0n) is 10.2. The molecule has 2 rings (SSSR count). The fourth-order valence-corrected chi connectivity index (χ4v) is 2.39. The standard InChI is InChI=1S/C15H15BrO2/c1-2-18-15(17)14(16)10-11-7-8-12-5-3-4-6-13(12)9-11/h3-9,14H,2,10H2,1H3. The molecular weight excluding hydrogens is 292 g/mol. The summed E-state index contributed by atoms with van der Waals surface area (Å²) >= 11 is 3.37. The van der Waals surface area contributed by atoms with E-state index in [9.17, 15) is 4.79 Å². The molecule has 2 nitrogen and oxygen atoms in total. The van der Waals surface area contributed by atoms with Gasteiger partial charge in [-0.05, 0) is 29.7 Å². The van der Waals surface area contributed by atoms with E-state index in [-0.39, 0.29) is 10.8 Å². The van der Waals surface area contributed by atoms with Crippen LogP contribution in [0.25, 0.3) is 10.8 Å². The summed E-state index contributed by atoms with van der Waals surface area (Å²) in [6, 6.07) is 14.4. The molecule has 0 aromatic heterocycles. The largest absolute Gasteiger partial charge is 0.465 e. The molecule has 18 heavy (non-hydrogen) atoms. The highest BCUT2D eigenvalue weighted by molar-refractivity contribution is 9.10. The summed E-state index contributed by atoms with van der Waals surface area (Å²) in [5, 5.41) is 2.40. The lowest BCUT2D eigenvalue weighted by molar-refractivity contribution is -0.142. The third kappa shape index (κ3) is 3.10. The summed E-state index contributed by atoms with van der Waals surface area (Å²) in [6.45, 7) is 2.23. The van der Waals surface area contributed by atoms with Crippen molar-refractivity contribution in [3.8, 4) is 0 Å². The van der Waals surface area contributed by atoms with Crippen LogP contribution in [0, 0.1) is 0 Å². The number of alkyl halides is 1. The average Bonchev–Trinajstić information content (AvgIpc) is 2.39. The van der Waals surface area contributed by atoms with Crippen LogP contribution in [0.15, 0.2) is 42.5 Å². The van der Waals surface area contributed by atoms with Crippen molar-refractivity contribution in [1.82, 2.24) is 0 Å². The molecule has 0 aliphatic carbocycles. The van der Waals surface area contributed by atoms with Gasteiger partial charge in [0.15, 0.2) is 0 Å². The van der Waals surface area contributed by atoms with E-state index in [4.69, 9.17) is 4.74 Å². The molecule has 2 aromatic rings. The predicted molar refractivity (Wildman–Crippen MR) is 77.0 cm³/mol. The Hall–Kier alpha value is -1.35. The molecule has 1 unspecified atom stereocenters. The highest BCUT2D eigenvalue weighted by Gasteiger charge is 2.16. The molecule has 0 aliphatic heterocycles. The van der Waals surface area contributed by atoms with Gasteiger partial charge in [-0.1, -0.05) is 58.4 Å². The monoisotopic (exact) mass is 306 g/mol. The predicted octanol–water partition coefficient (Wildman–Crippen LogP) is 3.71. The molecule has 0 amide bonds. The van der Waals surface area contributed by atoms with Crippen molar-refractivity contribution in [2.45, 2.75) is 18.2 Å². The van der Waals surface area contributed by atoms with Crippen LogP contribution in [0.4, 0.5) is 0 Å². The van der Waals surface area contributed by atoms with Crippen LogP contribution in [0.5, 0.6) is 0 Å². The van der Waals surface area contributed by atoms with Crippen molar-refractivity contribution in [1.29, 1.82) is 0 Å². The van der Waals surface area contributed by atoms with E-state index in [0.29, 0.717) is 13.0 Å². The van der Waals surface area contributed by atoms with Crippen LogP contribution in [0.1, 0.15) is 12.5 Å². The Morgan fingerprint density at radius 3 is 2.67 bits per heavy atom. The lowest BCUT2D eigenvalue weighted by Crippen LogP contribution is -2.19. The Labute approximate surface area is 115 Å². The summed E-state index contributed by atoms with van der Waals surface area (Å²) in [5.74, 6) is -0.203. The Morgan fingerprint density at radius 2 is 1.94 bits per heavy atom. The molecule has 1 atom stereocenters. The number of ether oxygens (including phenoxy) is 1. The van der Waals surface area contributed by atoms with E-state index in [1.54, 1.807) is 0 Å². The fraction of sp³-hybridized carbons (Fsp3) is 0.267. The molecule has 0 fully saturated rings. The number of rotatable bonds is 4. The van der Waals surface area contributed by atoms with E-state index >= 15 is 0 Å². The first-order valence-electron chi connectivity index (χ1n) is 5.99. The minimum absolute atomic E-state index is 0.203. The lowest BCUT2D eigenvalue weighted by atomic mass is 10.0. The van der Waals surface area contributed by atoms with Gasteiger partial charge in [0, 0.05) is 0 Å². The van der Waals surface area contributed by atoms with Gasteiger partial charge >= 0.3 is 5.97 Å². The van der Waals surface area contributed by atoms with Gasteiger partial charge in [0.1, 0.15) is 4.83 Å². The van der Waals surface area contributed by atoms with Crippen molar-refractivity contribution < 1.29 is 9.53 Å². The number of carbonyl (C=O) groups is 1. The van der Waals surface area contributed by atoms with Crippen LogP contribution in [-0.4, -0.2) is 17.4 Å². The number of fused-ring (bicyclic) bond motifs is 1. The molecule has 0 bridgehead atoms. The number of carbonyl (C=O) groups excluding carboxylic acids is 1. The third-order valence-corrected chi connectivity index (χ3v) is 3.47. The maximum Gasteiger partial charge on any atom is 0.320 e. The normalized spacial score (nSPS) is 12.3. The quantitative estimate of drug-likeness (QED) is 0.636. The van der Waals surface area contributed by atoms with Crippen molar-refractivity contribution >= 4 is 32.7 Å². The SMILES string of the molecule is CCOC(=O)C(Br)Cc1ccc2ccccc2c1. The third-order valence-electron chi connectivity index (χ3n) is 2.77. The van der Waals surface area contributed by atoms with Crippen LogP contribution >= 0.6 is 15.9 Å². The highest BCUT2D eigenvalue weighted by Crippen LogP contribution is 2.18. The van der Waals surface area contributed by atoms with E-state index < -0.39 is 0 Å². The average molecular weight is 307 g/mol. The summed E-state index contributed by atoms with van der Waals surface area (Å²) in [7, 11) is 0. The van der Waals surface area contributed by atoms with Gasteiger partial charge in [0.25, 0.3) is 0 Å². The molecule has 0 saturated heterocycles. The van der Waals surface area contributed by atoms with Crippen molar-refractivity contribution in [3.63, 3.8) is 0 Å². The van der Waals surface area contributed by atoms with E-state index in [1.165, 1.54) is 10.8 Å². The van der Waals surface area contributed by atoms with Crippen LogP contribution in [0.2, 0.25) is 0 Å². The molecule has 0 aliphatic rings. The Balaban J connectivity index is 2.14. The van der Waals surface area contributed by atoms with Gasteiger partial charge in [-0.15, -0.1) is 0 Å². The molecule has 2 aromatic carbocycles.